The van der Waals surface area contributed by atoms with Crippen LogP contribution in [0.4, 0.5) is 0 Å². The fourth-order valence-corrected chi connectivity index (χ4v) is 1.66. The predicted molar refractivity (Wildman–Crippen MR) is 68.4 cm³/mol. The van der Waals surface area contributed by atoms with E-state index in [2.05, 4.69) is 20.8 Å². The molecular weight excluding hydrogens is 156 g/mol. The summed E-state index contributed by atoms with van der Waals surface area (Å²) in [4.78, 5) is 0. The molecule has 0 spiro atoms. The smallest absolute Gasteiger partial charge is 0.0415 e. The molecule has 0 bridgehead atoms. The van der Waals surface area contributed by atoms with E-state index in [0.29, 0.717) is 0 Å². The Hall–Kier alpha value is 0. The minimum Gasteiger partial charge on any atom is -0.0776 e. The third kappa shape index (κ3) is 14.8. The van der Waals surface area contributed by atoms with E-state index in [4.69, 9.17) is 0 Å². The van der Waals surface area contributed by atoms with E-state index in [-0.39, 0.29) is 22.3 Å². The normalized spacial score (nSPS) is 8.31. The van der Waals surface area contributed by atoms with E-state index in [1.165, 1.54) is 38.5 Å². The van der Waals surface area contributed by atoms with E-state index < -0.39 is 0 Å². The zero-order valence-electron chi connectivity index (χ0n) is 7.82. The predicted octanol–water partition coefficient (Wildman–Crippen LogP) is 5.91. The van der Waals surface area contributed by atoms with Gasteiger partial charge in [0.05, 0.1) is 0 Å². The Labute approximate surface area is 88.1 Å². The molecular formula is C13H34. The summed E-state index contributed by atoms with van der Waals surface area (Å²) < 4.78 is 0. The first-order valence-corrected chi connectivity index (χ1v) is 4.85. The van der Waals surface area contributed by atoms with Crippen LogP contribution in [0, 0.1) is 5.92 Å². The molecule has 0 amide bonds. The lowest BCUT2D eigenvalue weighted by Crippen LogP contribution is -1.98. The third-order valence-corrected chi connectivity index (χ3v) is 2.09. The van der Waals surface area contributed by atoms with Gasteiger partial charge in [-0.2, -0.15) is 0 Å². The minimum atomic E-state index is 0. The van der Waals surface area contributed by atoms with E-state index in [1.807, 2.05) is 0 Å². The van der Waals surface area contributed by atoms with Gasteiger partial charge in [0.15, 0.2) is 0 Å². The van der Waals surface area contributed by atoms with Gasteiger partial charge in [0, 0.05) is 0 Å². The van der Waals surface area contributed by atoms with Crippen molar-refractivity contribution < 1.29 is 0 Å². The first-order chi connectivity index (χ1) is 4.85. The lowest BCUT2D eigenvalue weighted by atomic mass is 9.94. The fraction of sp³-hybridized carbons (Fsp3) is 1.00. The van der Waals surface area contributed by atoms with Gasteiger partial charge in [0.1, 0.15) is 0 Å². The molecule has 0 nitrogen and oxygen atoms in total. The molecule has 0 rings (SSSR count). The van der Waals surface area contributed by atoms with Gasteiger partial charge in [0.25, 0.3) is 0 Å². The maximum Gasteiger partial charge on any atom is -0.0415 e. The van der Waals surface area contributed by atoms with Gasteiger partial charge in [-0.25, -0.2) is 0 Å². The second-order valence-corrected chi connectivity index (χ2v) is 3.23. The molecule has 86 valence electrons. The molecule has 0 aliphatic carbocycles. The van der Waals surface area contributed by atoms with E-state index in [1.54, 1.807) is 0 Å². The fourth-order valence-electron chi connectivity index (χ4n) is 1.66. The quantitative estimate of drug-likeness (QED) is 0.488. The molecule has 0 aromatic heterocycles. The van der Waals surface area contributed by atoms with Crippen LogP contribution in [0.25, 0.3) is 0 Å². The zero-order chi connectivity index (χ0) is 7.82. The molecule has 0 aliphatic heterocycles. The van der Waals surface area contributed by atoms with Gasteiger partial charge in [0.2, 0.25) is 0 Å². The van der Waals surface area contributed by atoms with Crippen molar-refractivity contribution in [3.63, 3.8) is 0 Å². The monoisotopic (exact) mass is 190 g/mol. The summed E-state index contributed by atoms with van der Waals surface area (Å²) in [6.07, 6.45) is 8.44. The van der Waals surface area contributed by atoms with Crippen molar-refractivity contribution in [2.75, 3.05) is 0 Å². The second-order valence-electron chi connectivity index (χ2n) is 3.23. The Morgan fingerprint density at radius 1 is 0.615 bits per heavy atom. The summed E-state index contributed by atoms with van der Waals surface area (Å²) in [7, 11) is 0. The second kappa shape index (κ2) is 17.9. The number of rotatable bonds is 6. The largest absolute Gasteiger partial charge is 0.0776 e. The lowest BCUT2D eigenvalue weighted by Gasteiger charge is -2.12. The number of hydrogen-bond donors (Lipinski definition) is 0. The molecule has 0 saturated heterocycles. The average molecular weight is 190 g/mol. The highest BCUT2D eigenvalue weighted by Gasteiger charge is 2.03. The standard InChI is InChI=1S/C10H22.3CH4/c1-4-7-10(8-5-2)9-6-3;;;/h10H,4-9H2,1-3H3;3*1H4. The molecule has 0 fully saturated rings. The van der Waals surface area contributed by atoms with E-state index in [0.717, 1.165) is 5.92 Å². The minimum absolute atomic E-state index is 0. The van der Waals surface area contributed by atoms with Crippen LogP contribution >= 0.6 is 0 Å². The molecule has 0 aromatic rings. The van der Waals surface area contributed by atoms with Crippen molar-refractivity contribution in [3.8, 4) is 0 Å². The summed E-state index contributed by atoms with van der Waals surface area (Å²) in [6.45, 7) is 6.87. The van der Waals surface area contributed by atoms with E-state index in [9.17, 15) is 0 Å². The van der Waals surface area contributed by atoms with Crippen molar-refractivity contribution in [2.45, 2.75) is 81.6 Å². The third-order valence-electron chi connectivity index (χ3n) is 2.09. The van der Waals surface area contributed by atoms with Crippen LogP contribution in [-0.2, 0) is 0 Å². The lowest BCUT2D eigenvalue weighted by molar-refractivity contribution is 0.407. The van der Waals surface area contributed by atoms with Gasteiger partial charge < -0.3 is 0 Å². The van der Waals surface area contributed by atoms with Crippen molar-refractivity contribution in [1.29, 1.82) is 0 Å². The molecule has 0 aromatic carbocycles. The Morgan fingerprint density at radius 2 is 0.846 bits per heavy atom. The van der Waals surface area contributed by atoms with Gasteiger partial charge in [-0.05, 0) is 5.92 Å². The van der Waals surface area contributed by atoms with Gasteiger partial charge >= 0.3 is 0 Å². The molecule has 0 heterocycles. The van der Waals surface area contributed by atoms with Crippen LogP contribution in [0.2, 0.25) is 0 Å². The maximum atomic E-state index is 2.29. The molecule has 0 radical (unpaired) electrons. The van der Waals surface area contributed by atoms with Crippen LogP contribution in [0.1, 0.15) is 81.6 Å². The molecule has 0 aliphatic rings. The van der Waals surface area contributed by atoms with Crippen LogP contribution in [-0.4, -0.2) is 0 Å². The Balaban J connectivity index is -0.000000135. The summed E-state index contributed by atoms with van der Waals surface area (Å²) >= 11 is 0. The summed E-state index contributed by atoms with van der Waals surface area (Å²) in [5, 5.41) is 0. The van der Waals surface area contributed by atoms with Gasteiger partial charge in [-0.3, -0.25) is 0 Å². The average Bonchev–Trinajstić information content (AvgIpc) is 1.90. The summed E-state index contributed by atoms with van der Waals surface area (Å²) in [5.41, 5.74) is 0. The SMILES string of the molecule is C.C.C.CCCC(CCC)CCC. The maximum absolute atomic E-state index is 2.29. The Bertz CT molecular complexity index is 42.8. The highest BCUT2D eigenvalue weighted by molar-refractivity contribution is 4.56. The van der Waals surface area contributed by atoms with Crippen molar-refractivity contribution in [3.05, 3.63) is 0 Å². The summed E-state index contributed by atoms with van der Waals surface area (Å²) in [5.74, 6) is 1.03. The zero-order valence-corrected chi connectivity index (χ0v) is 7.82. The van der Waals surface area contributed by atoms with Crippen molar-refractivity contribution in [1.82, 2.24) is 0 Å². The molecule has 0 heteroatoms. The topological polar surface area (TPSA) is 0 Å². The first-order valence-electron chi connectivity index (χ1n) is 4.85. The van der Waals surface area contributed by atoms with Gasteiger partial charge in [-0.15, -0.1) is 0 Å². The molecule has 13 heavy (non-hydrogen) atoms. The van der Waals surface area contributed by atoms with E-state index >= 15 is 0 Å². The molecule has 0 saturated carbocycles. The molecule has 0 unspecified atom stereocenters. The Morgan fingerprint density at radius 3 is 1.00 bits per heavy atom. The molecule has 0 N–H and O–H groups in total. The Kier molecular flexibility index (Phi) is 31.9. The number of hydrogen-bond acceptors (Lipinski definition) is 0. The van der Waals surface area contributed by atoms with Crippen LogP contribution in [0.5, 0.6) is 0 Å². The van der Waals surface area contributed by atoms with Crippen LogP contribution in [0.3, 0.4) is 0 Å². The van der Waals surface area contributed by atoms with Crippen LogP contribution in [0.15, 0.2) is 0 Å². The summed E-state index contributed by atoms with van der Waals surface area (Å²) in [6, 6.07) is 0. The molecule has 0 atom stereocenters. The van der Waals surface area contributed by atoms with Crippen molar-refractivity contribution >= 4 is 0 Å². The first kappa shape index (κ1) is 23.1. The van der Waals surface area contributed by atoms with Gasteiger partial charge in [-0.1, -0.05) is 81.6 Å². The van der Waals surface area contributed by atoms with Crippen molar-refractivity contribution in [2.24, 2.45) is 5.92 Å². The highest BCUT2D eigenvalue weighted by atomic mass is 14.1. The van der Waals surface area contributed by atoms with Crippen LogP contribution < -0.4 is 0 Å². The highest BCUT2D eigenvalue weighted by Crippen LogP contribution is 2.18.